The van der Waals surface area contributed by atoms with Crippen LogP contribution in [0, 0.1) is 17.8 Å². The zero-order valence-electron chi connectivity index (χ0n) is 20.0. The molecular formula is C27H36N2O3S. The average Bonchev–Trinajstić information content (AvgIpc) is 2.83. The van der Waals surface area contributed by atoms with Crippen LogP contribution in [0.1, 0.15) is 51.1 Å². The quantitative estimate of drug-likeness (QED) is 0.624. The molecule has 0 unspecified atom stereocenters. The van der Waals surface area contributed by atoms with Gasteiger partial charge in [0, 0.05) is 37.5 Å². The number of hydrogen-bond acceptors (Lipinski definition) is 4. The van der Waals surface area contributed by atoms with Crippen molar-refractivity contribution in [2.45, 2.75) is 50.5 Å². The number of hydrogen-bond donors (Lipinski definition) is 0. The van der Waals surface area contributed by atoms with Crippen molar-refractivity contribution in [2.75, 3.05) is 30.8 Å². The molecule has 33 heavy (non-hydrogen) atoms. The van der Waals surface area contributed by atoms with Crippen molar-refractivity contribution in [1.82, 2.24) is 4.90 Å². The topological polar surface area (TPSA) is 57.7 Å². The molecule has 1 aliphatic heterocycles. The largest absolute Gasteiger partial charge is 0.367 e. The summed E-state index contributed by atoms with van der Waals surface area (Å²) in [7, 11) is -3.27. The minimum atomic E-state index is -3.27. The molecule has 1 saturated carbocycles. The summed E-state index contributed by atoms with van der Waals surface area (Å²) in [6.45, 7) is 6.58. The molecule has 2 aromatic rings. The Labute approximate surface area is 198 Å². The highest BCUT2D eigenvalue weighted by Gasteiger charge is 2.37. The normalized spacial score (nSPS) is 24.2. The van der Waals surface area contributed by atoms with Crippen molar-refractivity contribution in [3.8, 4) is 0 Å². The number of amides is 1. The second kappa shape index (κ2) is 9.88. The lowest BCUT2D eigenvalue weighted by Crippen LogP contribution is -2.52. The Bertz CT molecular complexity index is 1060. The first-order chi connectivity index (χ1) is 15.7. The first-order valence-corrected chi connectivity index (χ1v) is 14.0. The van der Waals surface area contributed by atoms with Gasteiger partial charge in [0.25, 0.3) is 0 Å². The van der Waals surface area contributed by atoms with Gasteiger partial charge in [-0.2, -0.15) is 0 Å². The van der Waals surface area contributed by atoms with Crippen molar-refractivity contribution < 1.29 is 13.2 Å². The number of carbonyl (C=O) groups is 1. The molecule has 0 spiro atoms. The van der Waals surface area contributed by atoms with E-state index in [1.165, 1.54) is 6.26 Å². The van der Waals surface area contributed by atoms with Crippen LogP contribution in [0.3, 0.4) is 0 Å². The summed E-state index contributed by atoms with van der Waals surface area (Å²) in [6.07, 6.45) is 5.49. The number of carbonyl (C=O) groups excluding carboxylic acids is 1. The lowest BCUT2D eigenvalue weighted by Gasteiger charge is -2.44. The van der Waals surface area contributed by atoms with Crippen molar-refractivity contribution in [3.05, 3.63) is 60.2 Å². The lowest BCUT2D eigenvalue weighted by molar-refractivity contribution is -0.140. The highest BCUT2D eigenvalue weighted by atomic mass is 32.2. The number of piperazine rings is 1. The molecule has 2 aliphatic rings. The van der Waals surface area contributed by atoms with E-state index in [1.54, 1.807) is 18.2 Å². The molecule has 2 fully saturated rings. The molecule has 178 valence electrons. The van der Waals surface area contributed by atoms with E-state index in [4.69, 9.17) is 0 Å². The van der Waals surface area contributed by atoms with E-state index in [9.17, 15) is 13.2 Å². The van der Waals surface area contributed by atoms with Gasteiger partial charge in [-0.05, 0) is 61.3 Å². The van der Waals surface area contributed by atoms with Crippen LogP contribution >= 0.6 is 0 Å². The molecule has 1 atom stereocenters. The Balaban J connectivity index is 1.56. The van der Waals surface area contributed by atoms with Gasteiger partial charge in [-0.15, -0.1) is 0 Å². The van der Waals surface area contributed by atoms with Crippen LogP contribution < -0.4 is 4.90 Å². The fourth-order valence-corrected chi connectivity index (χ4v) is 6.08. The van der Waals surface area contributed by atoms with Gasteiger partial charge < -0.3 is 9.80 Å². The first-order valence-electron chi connectivity index (χ1n) is 12.1. The number of rotatable bonds is 5. The molecule has 0 bridgehead atoms. The molecule has 1 aliphatic carbocycles. The second-order valence-electron chi connectivity index (χ2n) is 10.0. The van der Waals surface area contributed by atoms with Gasteiger partial charge in [0.2, 0.25) is 5.91 Å². The SMILES string of the molecule is CC(C)C1CCC(C(=O)N2CCN(c3cccc(S(C)(=O)=O)c3)C[C@H]2c2ccccc2)CC1. The number of sulfone groups is 1. The predicted molar refractivity (Wildman–Crippen MR) is 133 cm³/mol. The predicted octanol–water partition coefficient (Wildman–Crippen LogP) is 4.94. The zero-order chi connectivity index (χ0) is 23.6. The molecule has 2 aromatic carbocycles. The van der Waals surface area contributed by atoms with Crippen LogP contribution in [0.25, 0.3) is 0 Å². The summed E-state index contributed by atoms with van der Waals surface area (Å²) >= 11 is 0. The first kappa shape index (κ1) is 23.8. The van der Waals surface area contributed by atoms with Crippen LogP contribution in [0.2, 0.25) is 0 Å². The molecular weight excluding hydrogens is 432 g/mol. The van der Waals surface area contributed by atoms with Gasteiger partial charge in [0.1, 0.15) is 0 Å². The Morgan fingerprint density at radius 2 is 1.64 bits per heavy atom. The molecule has 0 radical (unpaired) electrons. The van der Waals surface area contributed by atoms with Gasteiger partial charge in [0.15, 0.2) is 9.84 Å². The number of nitrogens with zero attached hydrogens (tertiary/aromatic N) is 2. The summed E-state index contributed by atoms with van der Waals surface area (Å²) in [4.78, 5) is 18.3. The zero-order valence-corrected chi connectivity index (χ0v) is 20.8. The van der Waals surface area contributed by atoms with Crippen LogP contribution in [0.5, 0.6) is 0 Å². The molecule has 1 saturated heterocycles. The highest BCUT2D eigenvalue weighted by molar-refractivity contribution is 7.90. The van der Waals surface area contributed by atoms with E-state index >= 15 is 0 Å². The number of benzene rings is 2. The molecule has 1 heterocycles. The third kappa shape index (κ3) is 5.43. The van der Waals surface area contributed by atoms with E-state index in [0.717, 1.165) is 42.9 Å². The Morgan fingerprint density at radius 1 is 0.939 bits per heavy atom. The van der Waals surface area contributed by atoms with Crippen molar-refractivity contribution >= 4 is 21.4 Å². The summed E-state index contributed by atoms with van der Waals surface area (Å²) in [5.41, 5.74) is 2.02. The fraction of sp³-hybridized carbons (Fsp3) is 0.519. The highest BCUT2D eigenvalue weighted by Crippen LogP contribution is 2.37. The number of anilines is 1. The standard InChI is InChI=1S/C27H36N2O3S/c1-20(2)21-12-14-23(15-13-21)27(30)29-17-16-28(19-26(29)22-8-5-4-6-9-22)24-10-7-11-25(18-24)33(3,31)32/h4-11,18,20-21,23,26H,12-17,19H2,1-3H3/t21?,23?,26-/m0/s1. The maximum atomic E-state index is 13.7. The molecule has 0 N–H and O–H groups in total. The fourth-order valence-electron chi connectivity index (χ4n) is 5.42. The van der Waals surface area contributed by atoms with E-state index < -0.39 is 9.84 Å². The van der Waals surface area contributed by atoms with Crippen LogP contribution in [0.15, 0.2) is 59.5 Å². The average molecular weight is 469 g/mol. The Kier molecular flexibility index (Phi) is 7.13. The van der Waals surface area contributed by atoms with Crippen LogP contribution in [-0.2, 0) is 14.6 Å². The maximum absolute atomic E-state index is 13.7. The van der Waals surface area contributed by atoms with Gasteiger partial charge >= 0.3 is 0 Å². The van der Waals surface area contributed by atoms with E-state index in [0.29, 0.717) is 30.4 Å². The van der Waals surface area contributed by atoms with Gasteiger partial charge in [0.05, 0.1) is 10.9 Å². The van der Waals surface area contributed by atoms with Crippen molar-refractivity contribution in [3.63, 3.8) is 0 Å². The van der Waals surface area contributed by atoms with Crippen LogP contribution in [-0.4, -0.2) is 45.1 Å². The molecule has 6 heteroatoms. The third-order valence-corrected chi connectivity index (χ3v) is 8.63. The summed E-state index contributed by atoms with van der Waals surface area (Å²) < 4.78 is 24.1. The monoisotopic (exact) mass is 468 g/mol. The summed E-state index contributed by atoms with van der Waals surface area (Å²) in [6, 6.07) is 17.3. The Hall–Kier alpha value is -2.34. The van der Waals surface area contributed by atoms with Gasteiger partial charge in [-0.25, -0.2) is 8.42 Å². The smallest absolute Gasteiger partial charge is 0.226 e. The van der Waals surface area contributed by atoms with E-state index in [-0.39, 0.29) is 17.9 Å². The maximum Gasteiger partial charge on any atom is 0.226 e. The van der Waals surface area contributed by atoms with Gasteiger partial charge in [-0.1, -0.05) is 50.2 Å². The van der Waals surface area contributed by atoms with Gasteiger partial charge in [-0.3, -0.25) is 4.79 Å². The van der Waals surface area contributed by atoms with Crippen molar-refractivity contribution in [2.24, 2.45) is 17.8 Å². The lowest BCUT2D eigenvalue weighted by atomic mass is 9.76. The molecule has 4 rings (SSSR count). The minimum Gasteiger partial charge on any atom is -0.367 e. The summed E-state index contributed by atoms with van der Waals surface area (Å²) in [5.74, 6) is 1.82. The summed E-state index contributed by atoms with van der Waals surface area (Å²) in [5, 5.41) is 0. The van der Waals surface area contributed by atoms with Crippen molar-refractivity contribution in [1.29, 1.82) is 0 Å². The molecule has 0 aromatic heterocycles. The van der Waals surface area contributed by atoms with E-state index in [1.807, 2.05) is 24.3 Å². The van der Waals surface area contributed by atoms with Crippen LogP contribution in [0.4, 0.5) is 5.69 Å². The van der Waals surface area contributed by atoms with E-state index in [2.05, 4.69) is 35.8 Å². The minimum absolute atomic E-state index is 0.0443. The molecule has 1 amide bonds. The third-order valence-electron chi connectivity index (χ3n) is 7.52. The molecule has 5 nitrogen and oxygen atoms in total. The Morgan fingerprint density at radius 3 is 2.27 bits per heavy atom. The second-order valence-corrected chi connectivity index (χ2v) is 12.0.